The van der Waals surface area contributed by atoms with Crippen LogP contribution in [0.4, 0.5) is 5.82 Å². The van der Waals surface area contributed by atoms with Crippen molar-refractivity contribution in [2.45, 2.75) is 38.4 Å². The van der Waals surface area contributed by atoms with Crippen LogP contribution in [-0.4, -0.2) is 38.1 Å². The van der Waals surface area contributed by atoms with Gasteiger partial charge in [-0.2, -0.15) is 4.98 Å². The van der Waals surface area contributed by atoms with Crippen molar-refractivity contribution >= 4 is 5.82 Å². The predicted octanol–water partition coefficient (Wildman–Crippen LogP) is -1.16. The minimum Gasteiger partial charge on any atom is -0.388 e. The number of nitrogens with zero attached hydrogens (tertiary/aromatic N) is 2. The van der Waals surface area contributed by atoms with E-state index in [-0.39, 0.29) is 5.82 Å². The molecule has 4 atom stereocenters. The smallest absolute Gasteiger partial charge is 0.351 e. The van der Waals surface area contributed by atoms with Crippen molar-refractivity contribution < 1.29 is 14.9 Å². The van der Waals surface area contributed by atoms with Gasteiger partial charge in [-0.3, -0.25) is 4.57 Å². The zero-order valence-electron chi connectivity index (χ0n) is 10.6. The summed E-state index contributed by atoms with van der Waals surface area (Å²) in [4.78, 5) is 15.4. The molecule has 1 aromatic heterocycles. The molecule has 0 spiro atoms. The van der Waals surface area contributed by atoms with E-state index in [1.807, 2.05) is 0 Å². The lowest BCUT2D eigenvalue weighted by Crippen LogP contribution is -2.35. The van der Waals surface area contributed by atoms with Crippen LogP contribution >= 0.6 is 0 Å². The molecule has 0 amide bonds. The summed E-state index contributed by atoms with van der Waals surface area (Å²) in [5.41, 5.74) is 5.29. The first-order chi connectivity index (χ1) is 8.95. The molecule has 0 aromatic carbocycles. The van der Waals surface area contributed by atoms with Crippen molar-refractivity contribution in [3.05, 3.63) is 22.2 Å². The number of hydrogen-bond donors (Lipinski definition) is 3. The summed E-state index contributed by atoms with van der Waals surface area (Å²) < 4.78 is 6.45. The second kappa shape index (κ2) is 5.01. The van der Waals surface area contributed by atoms with Crippen LogP contribution in [0.25, 0.3) is 0 Å². The van der Waals surface area contributed by atoms with Gasteiger partial charge in [0.25, 0.3) is 0 Å². The fraction of sp³-hybridized carbons (Fsp3) is 0.500. The highest BCUT2D eigenvalue weighted by Crippen LogP contribution is 2.28. The minimum absolute atomic E-state index is 0.0247. The standard InChI is InChI=1S/C12H15N3O4/c1-3-4-7-5-15(12(18)14-10(7)13)11-9(17)8(16)6(2)19-11/h5-6,8-9,11,16-17H,1-2H3,(H2,13,14,18)/t6-,8-,9-,11-/m1/s1. The largest absolute Gasteiger partial charge is 0.388 e. The maximum Gasteiger partial charge on any atom is 0.351 e. The molecule has 7 heteroatoms. The number of nitrogens with two attached hydrogens (primary N) is 1. The highest BCUT2D eigenvalue weighted by atomic mass is 16.6. The van der Waals surface area contributed by atoms with E-state index in [1.54, 1.807) is 13.8 Å². The van der Waals surface area contributed by atoms with Gasteiger partial charge in [0.1, 0.15) is 18.0 Å². The Kier molecular flexibility index (Phi) is 3.57. The van der Waals surface area contributed by atoms with Crippen LogP contribution in [0.2, 0.25) is 0 Å². The van der Waals surface area contributed by atoms with Gasteiger partial charge < -0.3 is 20.7 Å². The molecule has 1 aromatic rings. The molecule has 19 heavy (non-hydrogen) atoms. The minimum atomic E-state index is -1.21. The average molecular weight is 265 g/mol. The summed E-state index contributed by atoms with van der Waals surface area (Å²) in [5, 5.41) is 19.5. The second-order valence-electron chi connectivity index (χ2n) is 4.32. The van der Waals surface area contributed by atoms with Crippen molar-refractivity contribution in [2.75, 3.05) is 5.73 Å². The zero-order valence-corrected chi connectivity index (χ0v) is 10.6. The van der Waals surface area contributed by atoms with Gasteiger partial charge in [-0.1, -0.05) is 5.92 Å². The molecular weight excluding hydrogens is 250 g/mol. The van der Waals surface area contributed by atoms with Crippen molar-refractivity contribution in [1.29, 1.82) is 0 Å². The average Bonchev–Trinajstić information content (AvgIpc) is 2.61. The van der Waals surface area contributed by atoms with Crippen LogP contribution in [0.5, 0.6) is 0 Å². The Hall–Kier alpha value is -1.88. The molecule has 1 saturated heterocycles. The Morgan fingerprint density at radius 2 is 2.16 bits per heavy atom. The van der Waals surface area contributed by atoms with Gasteiger partial charge >= 0.3 is 5.69 Å². The summed E-state index contributed by atoms with van der Waals surface area (Å²) >= 11 is 0. The first kappa shape index (κ1) is 13.5. The number of rotatable bonds is 1. The molecule has 2 heterocycles. The second-order valence-corrected chi connectivity index (χ2v) is 4.32. The van der Waals surface area contributed by atoms with Crippen molar-refractivity contribution in [1.82, 2.24) is 9.55 Å². The van der Waals surface area contributed by atoms with Crippen LogP contribution < -0.4 is 11.4 Å². The molecule has 2 rings (SSSR count). The molecule has 4 N–H and O–H groups in total. The topological polar surface area (TPSA) is 111 Å². The molecule has 0 saturated carbocycles. The van der Waals surface area contributed by atoms with Gasteiger partial charge in [0.15, 0.2) is 6.23 Å². The predicted molar refractivity (Wildman–Crippen MR) is 67.1 cm³/mol. The monoisotopic (exact) mass is 265 g/mol. The summed E-state index contributed by atoms with van der Waals surface area (Å²) in [5.74, 6) is 5.38. The third-order valence-corrected chi connectivity index (χ3v) is 2.99. The van der Waals surface area contributed by atoms with Crippen LogP contribution in [0.3, 0.4) is 0 Å². The third-order valence-electron chi connectivity index (χ3n) is 2.99. The van der Waals surface area contributed by atoms with E-state index in [0.717, 1.165) is 4.57 Å². The number of anilines is 1. The molecule has 7 nitrogen and oxygen atoms in total. The fourth-order valence-electron chi connectivity index (χ4n) is 1.95. The molecule has 1 fully saturated rings. The van der Waals surface area contributed by atoms with Gasteiger partial charge in [0.2, 0.25) is 0 Å². The SMILES string of the molecule is CC#Cc1cn([C@@H]2O[C@H](C)[C@@H](O)[C@H]2O)c(=O)nc1N. The number of aliphatic hydroxyl groups excluding tert-OH is 2. The Morgan fingerprint density at radius 1 is 1.47 bits per heavy atom. The van der Waals surface area contributed by atoms with Crippen LogP contribution in [0, 0.1) is 11.8 Å². The lowest BCUT2D eigenvalue weighted by Gasteiger charge is -2.17. The van der Waals surface area contributed by atoms with Crippen molar-refractivity contribution in [3.63, 3.8) is 0 Å². The lowest BCUT2D eigenvalue weighted by molar-refractivity contribution is -0.0350. The molecule has 102 valence electrons. The normalized spacial score (nSPS) is 29.9. The fourth-order valence-corrected chi connectivity index (χ4v) is 1.95. The van der Waals surface area contributed by atoms with E-state index in [0.29, 0.717) is 5.56 Å². The molecular formula is C12H15N3O4. The van der Waals surface area contributed by atoms with Gasteiger partial charge in [-0.25, -0.2) is 4.79 Å². The van der Waals surface area contributed by atoms with E-state index in [9.17, 15) is 15.0 Å². The van der Waals surface area contributed by atoms with E-state index in [1.165, 1.54) is 6.20 Å². The summed E-state index contributed by atoms with van der Waals surface area (Å²) in [6, 6.07) is 0. The van der Waals surface area contributed by atoms with Gasteiger partial charge in [-0.05, 0) is 13.8 Å². The van der Waals surface area contributed by atoms with Gasteiger partial charge in [0.05, 0.1) is 11.7 Å². The van der Waals surface area contributed by atoms with E-state index >= 15 is 0 Å². The Balaban J connectivity index is 2.48. The maximum absolute atomic E-state index is 11.8. The quantitative estimate of drug-likeness (QED) is 0.552. The number of ether oxygens (including phenoxy) is 1. The highest BCUT2D eigenvalue weighted by Gasteiger charge is 2.41. The summed E-state index contributed by atoms with van der Waals surface area (Å²) in [7, 11) is 0. The maximum atomic E-state index is 11.8. The Bertz CT molecular complexity index is 601. The molecule has 0 radical (unpaired) electrons. The molecule has 0 unspecified atom stereocenters. The van der Waals surface area contributed by atoms with Crippen LogP contribution in [-0.2, 0) is 4.74 Å². The van der Waals surface area contributed by atoms with E-state index < -0.39 is 30.2 Å². The molecule has 0 bridgehead atoms. The van der Waals surface area contributed by atoms with Gasteiger partial charge in [0, 0.05) is 6.20 Å². The first-order valence-corrected chi connectivity index (χ1v) is 5.78. The number of aliphatic hydroxyl groups is 2. The summed E-state index contributed by atoms with van der Waals surface area (Å²) in [6.07, 6.45) is -2.47. The van der Waals surface area contributed by atoms with Crippen molar-refractivity contribution in [2.24, 2.45) is 0 Å². The number of hydrogen-bond acceptors (Lipinski definition) is 6. The number of nitrogen functional groups attached to an aromatic ring is 1. The molecule has 0 aliphatic carbocycles. The molecule has 1 aliphatic rings. The first-order valence-electron chi connectivity index (χ1n) is 5.78. The highest BCUT2D eigenvalue weighted by molar-refractivity contribution is 5.48. The Labute approximate surface area is 109 Å². The van der Waals surface area contributed by atoms with E-state index in [4.69, 9.17) is 10.5 Å². The summed E-state index contributed by atoms with van der Waals surface area (Å²) in [6.45, 7) is 3.23. The van der Waals surface area contributed by atoms with E-state index in [2.05, 4.69) is 16.8 Å². The zero-order chi connectivity index (χ0) is 14.2. The van der Waals surface area contributed by atoms with Crippen LogP contribution in [0.15, 0.2) is 11.0 Å². The Morgan fingerprint density at radius 3 is 2.68 bits per heavy atom. The lowest BCUT2D eigenvalue weighted by atomic mass is 10.1. The van der Waals surface area contributed by atoms with Crippen LogP contribution in [0.1, 0.15) is 25.6 Å². The molecule has 1 aliphatic heterocycles. The van der Waals surface area contributed by atoms with Crippen molar-refractivity contribution in [3.8, 4) is 11.8 Å². The van der Waals surface area contributed by atoms with Gasteiger partial charge in [-0.15, -0.1) is 5.92 Å². The number of aromatic nitrogens is 2. The third kappa shape index (κ3) is 2.33.